The Kier molecular flexibility index (Phi) is 3.52. The maximum Gasteiger partial charge on any atom is 0.0193 e. The van der Waals surface area contributed by atoms with Gasteiger partial charge in [0.25, 0.3) is 0 Å². The topological polar surface area (TPSA) is 15.3 Å². The van der Waals surface area contributed by atoms with Crippen molar-refractivity contribution in [2.75, 3.05) is 31.9 Å². The lowest BCUT2D eigenvalue weighted by molar-refractivity contribution is 0.174. The van der Waals surface area contributed by atoms with Crippen LogP contribution in [0.5, 0.6) is 0 Å². The quantitative estimate of drug-likeness (QED) is 0.720. The Bertz CT molecular complexity index is 157. The monoisotopic (exact) mass is 200 g/mol. The molecule has 0 aromatic heterocycles. The normalized spacial score (nSPS) is 36.7. The van der Waals surface area contributed by atoms with E-state index in [1.54, 1.807) is 0 Å². The standard InChI is InChI=1S/C10H20N2S/c1-9-7-11-4-5-12(9)8-10-3-2-6-13-10/h9-11H,2-8H2,1H3. The fourth-order valence-corrected chi connectivity index (χ4v) is 3.50. The molecule has 2 nitrogen and oxygen atoms in total. The SMILES string of the molecule is CC1CNCCN1CC1CCCS1. The summed E-state index contributed by atoms with van der Waals surface area (Å²) in [6.45, 7) is 7.27. The van der Waals surface area contributed by atoms with E-state index in [2.05, 4.69) is 28.9 Å². The van der Waals surface area contributed by atoms with Crippen molar-refractivity contribution in [3.05, 3.63) is 0 Å². The molecule has 0 radical (unpaired) electrons. The molecule has 2 aliphatic rings. The fraction of sp³-hybridized carbons (Fsp3) is 1.00. The van der Waals surface area contributed by atoms with Crippen LogP contribution in [0.15, 0.2) is 0 Å². The van der Waals surface area contributed by atoms with Gasteiger partial charge in [0, 0.05) is 37.5 Å². The molecule has 76 valence electrons. The second-order valence-corrected chi connectivity index (χ2v) is 5.59. The molecule has 0 aromatic rings. The van der Waals surface area contributed by atoms with Crippen molar-refractivity contribution in [3.8, 4) is 0 Å². The van der Waals surface area contributed by atoms with Gasteiger partial charge in [-0.3, -0.25) is 4.90 Å². The van der Waals surface area contributed by atoms with Crippen molar-refractivity contribution in [1.82, 2.24) is 10.2 Å². The molecule has 2 saturated heterocycles. The van der Waals surface area contributed by atoms with Gasteiger partial charge in [-0.25, -0.2) is 0 Å². The van der Waals surface area contributed by atoms with Crippen molar-refractivity contribution < 1.29 is 0 Å². The average Bonchev–Trinajstić information content (AvgIpc) is 2.61. The van der Waals surface area contributed by atoms with E-state index in [1.807, 2.05) is 0 Å². The molecule has 0 bridgehead atoms. The number of nitrogens with one attached hydrogen (secondary N) is 1. The molecule has 0 aliphatic carbocycles. The minimum Gasteiger partial charge on any atom is -0.314 e. The van der Waals surface area contributed by atoms with E-state index < -0.39 is 0 Å². The summed E-state index contributed by atoms with van der Waals surface area (Å²) in [4.78, 5) is 2.65. The third kappa shape index (κ3) is 2.61. The summed E-state index contributed by atoms with van der Waals surface area (Å²) in [5.41, 5.74) is 0. The molecule has 2 fully saturated rings. The molecule has 0 aromatic carbocycles. The highest BCUT2D eigenvalue weighted by molar-refractivity contribution is 8.00. The zero-order chi connectivity index (χ0) is 9.10. The van der Waals surface area contributed by atoms with Gasteiger partial charge >= 0.3 is 0 Å². The van der Waals surface area contributed by atoms with E-state index in [1.165, 1.54) is 44.8 Å². The third-order valence-corrected chi connectivity index (χ3v) is 4.48. The second kappa shape index (κ2) is 4.67. The van der Waals surface area contributed by atoms with Crippen LogP contribution in [0.1, 0.15) is 19.8 Å². The number of hydrogen-bond acceptors (Lipinski definition) is 3. The summed E-state index contributed by atoms with van der Waals surface area (Å²) in [6, 6.07) is 0.745. The maximum atomic E-state index is 3.44. The Morgan fingerprint density at radius 1 is 1.54 bits per heavy atom. The summed E-state index contributed by atoms with van der Waals surface area (Å²) in [5, 5.41) is 4.37. The lowest BCUT2D eigenvalue weighted by atomic mass is 10.2. The molecule has 1 N–H and O–H groups in total. The fourth-order valence-electron chi connectivity index (χ4n) is 2.20. The van der Waals surface area contributed by atoms with E-state index >= 15 is 0 Å². The number of thioether (sulfide) groups is 1. The van der Waals surface area contributed by atoms with Gasteiger partial charge in [-0.05, 0) is 25.5 Å². The van der Waals surface area contributed by atoms with Crippen LogP contribution in [0, 0.1) is 0 Å². The molecule has 3 heteroatoms. The minimum absolute atomic E-state index is 0.745. The van der Waals surface area contributed by atoms with Crippen LogP contribution in [0.25, 0.3) is 0 Å². The molecule has 2 aliphatic heterocycles. The van der Waals surface area contributed by atoms with Crippen LogP contribution in [0.3, 0.4) is 0 Å². The largest absolute Gasteiger partial charge is 0.314 e. The Morgan fingerprint density at radius 2 is 2.46 bits per heavy atom. The summed E-state index contributed by atoms with van der Waals surface area (Å²) in [5.74, 6) is 1.39. The van der Waals surface area contributed by atoms with Gasteiger partial charge in [0.1, 0.15) is 0 Å². The first-order valence-electron chi connectivity index (χ1n) is 5.42. The van der Waals surface area contributed by atoms with Crippen LogP contribution in [0.4, 0.5) is 0 Å². The van der Waals surface area contributed by atoms with E-state index in [4.69, 9.17) is 0 Å². The van der Waals surface area contributed by atoms with Crippen LogP contribution in [-0.4, -0.2) is 48.1 Å². The molecule has 2 unspecified atom stereocenters. The highest BCUT2D eigenvalue weighted by Crippen LogP contribution is 2.27. The Labute approximate surface area is 85.4 Å². The second-order valence-electron chi connectivity index (χ2n) is 4.18. The molecule has 2 heterocycles. The van der Waals surface area contributed by atoms with Crippen molar-refractivity contribution in [1.29, 1.82) is 0 Å². The van der Waals surface area contributed by atoms with Gasteiger partial charge in [0.05, 0.1) is 0 Å². The van der Waals surface area contributed by atoms with E-state index in [-0.39, 0.29) is 0 Å². The average molecular weight is 200 g/mol. The Hall–Kier alpha value is 0.270. The Balaban J connectivity index is 1.78. The summed E-state index contributed by atoms with van der Waals surface area (Å²) in [7, 11) is 0. The number of hydrogen-bond donors (Lipinski definition) is 1. The van der Waals surface area contributed by atoms with Gasteiger partial charge in [-0.1, -0.05) is 0 Å². The molecule has 2 atom stereocenters. The van der Waals surface area contributed by atoms with E-state index in [0.29, 0.717) is 0 Å². The lowest BCUT2D eigenvalue weighted by Crippen LogP contribution is -2.51. The first-order valence-corrected chi connectivity index (χ1v) is 6.47. The first-order chi connectivity index (χ1) is 6.36. The smallest absolute Gasteiger partial charge is 0.0193 e. The van der Waals surface area contributed by atoms with E-state index in [9.17, 15) is 0 Å². The molecule has 2 rings (SSSR count). The van der Waals surface area contributed by atoms with Gasteiger partial charge in [-0.15, -0.1) is 0 Å². The first kappa shape index (κ1) is 9.81. The van der Waals surface area contributed by atoms with Crippen LogP contribution in [-0.2, 0) is 0 Å². The predicted octanol–water partition coefficient (Wildman–Crippen LogP) is 1.18. The van der Waals surface area contributed by atoms with Crippen LogP contribution < -0.4 is 5.32 Å². The molecule has 0 spiro atoms. The predicted molar refractivity (Wildman–Crippen MR) is 59.4 cm³/mol. The van der Waals surface area contributed by atoms with Crippen molar-refractivity contribution in [3.63, 3.8) is 0 Å². The van der Waals surface area contributed by atoms with Gasteiger partial charge in [0.15, 0.2) is 0 Å². The third-order valence-electron chi connectivity index (χ3n) is 3.10. The van der Waals surface area contributed by atoms with Gasteiger partial charge in [0.2, 0.25) is 0 Å². The molecular formula is C10H20N2S. The number of piperazine rings is 1. The highest BCUT2D eigenvalue weighted by Gasteiger charge is 2.23. The highest BCUT2D eigenvalue weighted by atomic mass is 32.2. The van der Waals surface area contributed by atoms with Crippen LogP contribution >= 0.6 is 11.8 Å². The van der Waals surface area contributed by atoms with Crippen molar-refractivity contribution >= 4 is 11.8 Å². The van der Waals surface area contributed by atoms with Crippen molar-refractivity contribution in [2.24, 2.45) is 0 Å². The number of rotatable bonds is 2. The van der Waals surface area contributed by atoms with E-state index in [0.717, 1.165) is 11.3 Å². The summed E-state index contributed by atoms with van der Waals surface area (Å²) in [6.07, 6.45) is 2.89. The minimum atomic E-state index is 0.745. The van der Waals surface area contributed by atoms with Gasteiger partial charge < -0.3 is 5.32 Å². The zero-order valence-electron chi connectivity index (χ0n) is 8.46. The molecule has 0 amide bonds. The Morgan fingerprint density at radius 3 is 3.15 bits per heavy atom. The van der Waals surface area contributed by atoms with Crippen molar-refractivity contribution in [2.45, 2.75) is 31.1 Å². The number of nitrogens with zero attached hydrogens (tertiary/aromatic N) is 1. The zero-order valence-corrected chi connectivity index (χ0v) is 9.28. The van der Waals surface area contributed by atoms with Crippen LogP contribution in [0.2, 0.25) is 0 Å². The maximum absolute atomic E-state index is 3.44. The molecule has 13 heavy (non-hydrogen) atoms. The lowest BCUT2D eigenvalue weighted by Gasteiger charge is -2.35. The summed E-state index contributed by atoms with van der Waals surface area (Å²) >= 11 is 2.18. The van der Waals surface area contributed by atoms with Gasteiger partial charge in [-0.2, -0.15) is 11.8 Å². The molecule has 0 saturated carbocycles. The molecular weight excluding hydrogens is 180 g/mol. The summed E-state index contributed by atoms with van der Waals surface area (Å²) < 4.78 is 0.